The maximum absolute atomic E-state index is 12.4. The van der Waals surface area contributed by atoms with Crippen LogP contribution in [-0.4, -0.2) is 46.9 Å². The van der Waals surface area contributed by atoms with Crippen molar-refractivity contribution in [1.29, 1.82) is 0 Å². The Labute approximate surface area is 187 Å². The number of nitrogens with one attached hydrogen (secondary N) is 3. The lowest BCUT2D eigenvalue weighted by atomic mass is 10.2. The van der Waals surface area contributed by atoms with Crippen molar-refractivity contribution in [2.75, 3.05) is 30.3 Å². The zero-order chi connectivity index (χ0) is 22.9. The van der Waals surface area contributed by atoms with Gasteiger partial charge in [0.1, 0.15) is 6.54 Å². The lowest BCUT2D eigenvalue weighted by Crippen LogP contribution is -2.33. The highest BCUT2D eigenvalue weighted by atomic mass is 16.2. The Bertz CT molecular complexity index is 1070. The van der Waals surface area contributed by atoms with E-state index in [4.69, 9.17) is 0 Å². The summed E-state index contributed by atoms with van der Waals surface area (Å²) >= 11 is 0. The summed E-state index contributed by atoms with van der Waals surface area (Å²) in [6, 6.07) is 16.2. The number of hydrogen-bond donors (Lipinski definition) is 3. The molecular formula is C24H29N5O3. The number of fused-ring (bicyclic) bond motifs is 1. The van der Waals surface area contributed by atoms with Crippen LogP contribution in [0.15, 0.2) is 60.8 Å². The number of urea groups is 1. The van der Waals surface area contributed by atoms with E-state index in [-0.39, 0.29) is 37.4 Å². The first-order valence-corrected chi connectivity index (χ1v) is 10.8. The third kappa shape index (κ3) is 6.10. The van der Waals surface area contributed by atoms with Gasteiger partial charge < -0.3 is 25.4 Å². The van der Waals surface area contributed by atoms with Crippen molar-refractivity contribution in [3.63, 3.8) is 0 Å². The topological polar surface area (TPSA) is 95.5 Å². The Morgan fingerprint density at radius 2 is 1.66 bits per heavy atom. The van der Waals surface area contributed by atoms with E-state index in [1.165, 1.54) is 0 Å². The van der Waals surface area contributed by atoms with Crippen LogP contribution in [0.4, 0.5) is 16.2 Å². The van der Waals surface area contributed by atoms with Gasteiger partial charge in [0.25, 0.3) is 0 Å². The van der Waals surface area contributed by atoms with Gasteiger partial charge in [-0.1, -0.05) is 18.2 Å². The fourth-order valence-corrected chi connectivity index (χ4v) is 3.45. The second-order valence-corrected chi connectivity index (χ2v) is 7.33. The minimum atomic E-state index is -0.381. The van der Waals surface area contributed by atoms with Gasteiger partial charge in [0.2, 0.25) is 11.8 Å². The number of para-hydroxylation sites is 1. The molecule has 8 heteroatoms. The van der Waals surface area contributed by atoms with Crippen LogP contribution in [0.1, 0.15) is 20.3 Å². The van der Waals surface area contributed by atoms with Crippen molar-refractivity contribution in [3.05, 3.63) is 60.8 Å². The van der Waals surface area contributed by atoms with Crippen molar-refractivity contribution in [3.8, 4) is 0 Å². The van der Waals surface area contributed by atoms with Gasteiger partial charge in [-0.3, -0.25) is 9.59 Å². The molecule has 0 unspecified atom stereocenters. The zero-order valence-corrected chi connectivity index (χ0v) is 18.4. The van der Waals surface area contributed by atoms with Crippen molar-refractivity contribution in [1.82, 2.24) is 14.8 Å². The summed E-state index contributed by atoms with van der Waals surface area (Å²) in [7, 11) is 0. The second kappa shape index (κ2) is 11.0. The molecule has 4 amide bonds. The molecule has 1 aromatic heterocycles. The first-order valence-electron chi connectivity index (χ1n) is 10.8. The van der Waals surface area contributed by atoms with Gasteiger partial charge >= 0.3 is 6.03 Å². The molecule has 0 aliphatic rings. The number of nitrogens with zero attached hydrogens (tertiary/aromatic N) is 2. The number of benzene rings is 2. The molecule has 32 heavy (non-hydrogen) atoms. The molecule has 0 bridgehead atoms. The summed E-state index contributed by atoms with van der Waals surface area (Å²) in [5.41, 5.74) is 2.28. The predicted octanol–water partition coefficient (Wildman–Crippen LogP) is 3.66. The summed E-state index contributed by atoms with van der Waals surface area (Å²) in [4.78, 5) is 38.3. The van der Waals surface area contributed by atoms with Gasteiger partial charge in [-0.25, -0.2) is 4.79 Å². The molecule has 0 saturated heterocycles. The normalized spacial score (nSPS) is 10.6. The Morgan fingerprint density at radius 1 is 0.906 bits per heavy atom. The fourth-order valence-electron chi connectivity index (χ4n) is 3.45. The molecule has 0 spiro atoms. The number of carbonyl (C=O) groups is 3. The second-order valence-electron chi connectivity index (χ2n) is 7.33. The summed E-state index contributed by atoms with van der Waals surface area (Å²) < 4.78 is 1.91. The number of anilines is 2. The minimum absolute atomic E-state index is 0.0744. The van der Waals surface area contributed by atoms with Crippen LogP contribution >= 0.6 is 0 Å². The Kier molecular flexibility index (Phi) is 7.85. The summed E-state index contributed by atoms with van der Waals surface area (Å²) in [6.45, 7) is 5.80. The van der Waals surface area contributed by atoms with E-state index in [2.05, 4.69) is 16.0 Å². The standard InChI is InChI=1S/C24H29N5O3/c1-3-28(4-2)23(31)17-29-15-13-18-16-20(10-11-21(18)29)27-24(32)25-14-12-22(30)26-19-8-6-5-7-9-19/h5-11,13,15-16H,3-4,12,14,17H2,1-2H3,(H,26,30)(H2,25,27,32). The van der Waals surface area contributed by atoms with E-state index >= 15 is 0 Å². The van der Waals surface area contributed by atoms with E-state index in [1.54, 1.807) is 23.1 Å². The third-order valence-electron chi connectivity index (χ3n) is 5.15. The monoisotopic (exact) mass is 435 g/mol. The molecule has 8 nitrogen and oxygen atoms in total. The molecule has 0 aliphatic heterocycles. The van der Waals surface area contributed by atoms with Crippen LogP contribution in [0.3, 0.4) is 0 Å². The first kappa shape index (κ1) is 22.9. The van der Waals surface area contributed by atoms with Gasteiger partial charge in [-0.2, -0.15) is 0 Å². The number of carbonyl (C=O) groups excluding carboxylic acids is 3. The van der Waals surface area contributed by atoms with E-state index < -0.39 is 0 Å². The predicted molar refractivity (Wildman–Crippen MR) is 127 cm³/mol. The van der Waals surface area contributed by atoms with Gasteiger partial charge in [0, 0.05) is 54.5 Å². The quantitative estimate of drug-likeness (QED) is 0.479. The first-order chi connectivity index (χ1) is 15.5. The maximum Gasteiger partial charge on any atom is 0.319 e. The van der Waals surface area contributed by atoms with Crippen molar-refractivity contribution in [2.45, 2.75) is 26.8 Å². The van der Waals surface area contributed by atoms with E-state index in [0.717, 1.165) is 16.6 Å². The third-order valence-corrected chi connectivity index (χ3v) is 5.15. The molecule has 0 radical (unpaired) electrons. The number of hydrogen-bond acceptors (Lipinski definition) is 3. The van der Waals surface area contributed by atoms with Gasteiger partial charge in [-0.05, 0) is 50.2 Å². The van der Waals surface area contributed by atoms with Crippen LogP contribution in [0.2, 0.25) is 0 Å². The van der Waals surface area contributed by atoms with Crippen LogP contribution in [0, 0.1) is 0 Å². The molecule has 0 atom stereocenters. The minimum Gasteiger partial charge on any atom is -0.342 e. The lowest BCUT2D eigenvalue weighted by molar-refractivity contribution is -0.131. The maximum atomic E-state index is 12.4. The highest BCUT2D eigenvalue weighted by Gasteiger charge is 2.12. The van der Waals surface area contributed by atoms with Gasteiger partial charge in [0.05, 0.1) is 0 Å². The molecule has 1 heterocycles. The summed E-state index contributed by atoms with van der Waals surface area (Å²) in [5.74, 6) is -0.0936. The van der Waals surface area contributed by atoms with E-state index in [0.29, 0.717) is 18.8 Å². The molecule has 3 rings (SSSR count). The molecule has 2 aromatic carbocycles. The van der Waals surface area contributed by atoms with Crippen molar-refractivity contribution in [2.24, 2.45) is 0 Å². The molecule has 168 valence electrons. The number of amides is 4. The van der Waals surface area contributed by atoms with Crippen LogP contribution < -0.4 is 16.0 Å². The highest BCUT2D eigenvalue weighted by Crippen LogP contribution is 2.21. The fraction of sp³-hybridized carbons (Fsp3) is 0.292. The average Bonchev–Trinajstić information content (AvgIpc) is 3.17. The van der Waals surface area contributed by atoms with Gasteiger partial charge in [-0.15, -0.1) is 0 Å². The zero-order valence-electron chi connectivity index (χ0n) is 18.4. The van der Waals surface area contributed by atoms with Crippen molar-refractivity contribution >= 4 is 40.1 Å². The summed E-state index contributed by atoms with van der Waals surface area (Å²) in [6.07, 6.45) is 2.05. The Morgan fingerprint density at radius 3 is 2.38 bits per heavy atom. The SMILES string of the molecule is CCN(CC)C(=O)Cn1ccc2cc(NC(=O)NCCC(=O)Nc3ccccc3)ccc21. The average molecular weight is 436 g/mol. The van der Waals surface area contributed by atoms with Gasteiger partial charge in [0.15, 0.2) is 0 Å². The van der Waals surface area contributed by atoms with E-state index in [1.807, 2.05) is 61.0 Å². The largest absolute Gasteiger partial charge is 0.342 e. The Balaban J connectivity index is 1.50. The molecule has 0 saturated carbocycles. The smallest absolute Gasteiger partial charge is 0.319 e. The molecule has 0 aliphatic carbocycles. The van der Waals surface area contributed by atoms with E-state index in [9.17, 15) is 14.4 Å². The molecular weight excluding hydrogens is 406 g/mol. The van der Waals surface area contributed by atoms with Crippen LogP contribution in [-0.2, 0) is 16.1 Å². The lowest BCUT2D eigenvalue weighted by Gasteiger charge is -2.19. The number of likely N-dealkylation sites (N-methyl/N-ethyl adjacent to an activating group) is 1. The van der Waals surface area contributed by atoms with Crippen molar-refractivity contribution < 1.29 is 14.4 Å². The summed E-state index contributed by atoms with van der Waals surface area (Å²) in [5, 5.41) is 9.17. The van der Waals surface area contributed by atoms with Crippen LogP contribution in [0.25, 0.3) is 10.9 Å². The molecule has 3 aromatic rings. The molecule has 3 N–H and O–H groups in total. The highest BCUT2D eigenvalue weighted by molar-refractivity contribution is 5.94. The number of rotatable bonds is 9. The number of aromatic nitrogens is 1. The van der Waals surface area contributed by atoms with Crippen LogP contribution in [0.5, 0.6) is 0 Å². The Hall–Kier alpha value is -3.81. The molecule has 0 fully saturated rings.